The number of benzene rings is 5. The number of hydrogen-bond acceptors (Lipinski definition) is 1. The first kappa shape index (κ1) is 21.0. The second-order valence-corrected chi connectivity index (χ2v) is 9.65. The molecule has 0 N–H and O–H groups in total. The van der Waals surface area contributed by atoms with Crippen molar-refractivity contribution in [3.63, 3.8) is 0 Å². The summed E-state index contributed by atoms with van der Waals surface area (Å²) in [5.41, 5.74) is 7.93. The number of para-hydroxylation sites is 3. The Kier molecular flexibility index (Phi) is 4.52. The van der Waals surface area contributed by atoms with Gasteiger partial charge in [0.2, 0.25) is 0 Å². The lowest BCUT2D eigenvalue weighted by atomic mass is 10.1. The second kappa shape index (κ2) is 8.19. The summed E-state index contributed by atoms with van der Waals surface area (Å²) in [5.74, 6) is 0.912. The topological polar surface area (TPSA) is 22.8 Å². The van der Waals surface area contributed by atoms with Gasteiger partial charge in [-0.15, -0.1) is 0 Å². The Bertz CT molecular complexity index is 2120. The molecule has 5 aromatic carbocycles. The normalized spacial score (nSPS) is 11.7. The van der Waals surface area contributed by atoms with Crippen LogP contribution < -0.4 is 0 Å². The first-order chi connectivity index (χ1) is 18.9. The van der Waals surface area contributed by atoms with E-state index in [4.69, 9.17) is 4.98 Å². The van der Waals surface area contributed by atoms with E-state index >= 15 is 0 Å². The van der Waals surface area contributed by atoms with Gasteiger partial charge in [0.15, 0.2) is 0 Å². The highest BCUT2D eigenvalue weighted by Gasteiger charge is 2.21. The van der Waals surface area contributed by atoms with Gasteiger partial charge in [0, 0.05) is 32.8 Å². The van der Waals surface area contributed by atoms with E-state index in [-0.39, 0.29) is 0 Å². The smallest absolute Gasteiger partial charge is 0.138 e. The van der Waals surface area contributed by atoms with E-state index in [1.54, 1.807) is 0 Å². The molecule has 0 amide bonds. The summed E-state index contributed by atoms with van der Waals surface area (Å²) < 4.78 is 4.75. The average Bonchev–Trinajstić information content (AvgIpc) is 3.51. The van der Waals surface area contributed by atoms with Gasteiger partial charge >= 0.3 is 0 Å². The fourth-order valence-corrected chi connectivity index (χ4v) is 5.90. The van der Waals surface area contributed by atoms with E-state index in [0.29, 0.717) is 0 Å². The van der Waals surface area contributed by atoms with Gasteiger partial charge in [-0.25, -0.2) is 4.98 Å². The second-order valence-electron chi connectivity index (χ2n) is 9.65. The van der Waals surface area contributed by atoms with Crippen LogP contribution in [0.25, 0.3) is 66.4 Å². The molecule has 0 radical (unpaired) electrons. The minimum Gasteiger partial charge on any atom is -0.307 e. The van der Waals surface area contributed by atoms with Crippen molar-refractivity contribution in [1.82, 2.24) is 14.1 Å². The molecule has 3 heteroatoms. The monoisotopic (exact) mass is 485 g/mol. The Morgan fingerprint density at radius 1 is 0.395 bits per heavy atom. The maximum atomic E-state index is 5.20. The van der Waals surface area contributed by atoms with Crippen molar-refractivity contribution < 1.29 is 0 Å². The molecule has 0 saturated carbocycles. The molecule has 3 heterocycles. The fourth-order valence-electron chi connectivity index (χ4n) is 5.90. The Morgan fingerprint density at radius 3 is 1.63 bits per heavy atom. The molecule has 0 saturated heterocycles. The van der Waals surface area contributed by atoms with E-state index in [0.717, 1.165) is 28.3 Å². The molecule has 38 heavy (non-hydrogen) atoms. The van der Waals surface area contributed by atoms with Crippen LogP contribution in [0.5, 0.6) is 0 Å². The van der Waals surface area contributed by atoms with Crippen LogP contribution in [0.4, 0.5) is 0 Å². The quantitative estimate of drug-likeness (QED) is 0.245. The predicted molar refractivity (Wildman–Crippen MR) is 158 cm³/mol. The molecule has 0 bridgehead atoms. The summed E-state index contributed by atoms with van der Waals surface area (Å²) in [7, 11) is 0. The molecule has 0 atom stereocenters. The largest absolute Gasteiger partial charge is 0.307 e. The van der Waals surface area contributed by atoms with Gasteiger partial charge in [-0.2, -0.15) is 0 Å². The third-order valence-corrected chi connectivity index (χ3v) is 7.52. The number of nitrogens with zero attached hydrogens (tertiary/aromatic N) is 3. The summed E-state index contributed by atoms with van der Waals surface area (Å²) in [5, 5.41) is 4.93. The summed E-state index contributed by atoms with van der Waals surface area (Å²) in [6, 6.07) is 49.3. The standard InChI is InChI=1S/C35H23N3/c1-3-12-24(13-4-1)30-18-11-21-33(36-30)38-32-20-10-8-17-27(32)29-23-22-28-26-16-7-9-19-31(26)37(34(28)35(29)38)25-14-5-2-6-15-25/h1-23H. The number of rotatable bonds is 3. The number of pyridine rings is 1. The molecule has 178 valence electrons. The molecular formula is C35H23N3. The summed E-state index contributed by atoms with van der Waals surface area (Å²) in [6.07, 6.45) is 0. The molecule has 0 fully saturated rings. The van der Waals surface area contributed by atoms with Gasteiger partial charge < -0.3 is 4.57 Å². The molecule has 0 unspecified atom stereocenters. The van der Waals surface area contributed by atoms with E-state index in [9.17, 15) is 0 Å². The van der Waals surface area contributed by atoms with Crippen LogP contribution in [0, 0.1) is 0 Å². The zero-order valence-corrected chi connectivity index (χ0v) is 20.6. The summed E-state index contributed by atoms with van der Waals surface area (Å²) in [4.78, 5) is 5.20. The van der Waals surface area contributed by atoms with Crippen LogP contribution in [-0.2, 0) is 0 Å². The van der Waals surface area contributed by atoms with Crippen LogP contribution in [0.15, 0.2) is 140 Å². The Morgan fingerprint density at radius 2 is 0.947 bits per heavy atom. The average molecular weight is 486 g/mol. The molecule has 0 aliphatic rings. The summed E-state index contributed by atoms with van der Waals surface area (Å²) in [6.45, 7) is 0. The maximum absolute atomic E-state index is 5.20. The lowest BCUT2D eigenvalue weighted by Gasteiger charge is -2.12. The minimum atomic E-state index is 0.912. The fraction of sp³-hybridized carbons (Fsp3) is 0. The van der Waals surface area contributed by atoms with Gasteiger partial charge in [-0.1, -0.05) is 103 Å². The Hall–Kier alpha value is -5.15. The number of hydrogen-bond donors (Lipinski definition) is 0. The van der Waals surface area contributed by atoms with Gasteiger partial charge in [-0.3, -0.25) is 4.57 Å². The third-order valence-electron chi connectivity index (χ3n) is 7.52. The molecular weight excluding hydrogens is 462 g/mol. The molecule has 8 aromatic rings. The molecule has 0 aliphatic heterocycles. The number of aromatic nitrogens is 3. The molecule has 8 rings (SSSR count). The molecule has 3 nitrogen and oxygen atoms in total. The first-order valence-corrected chi connectivity index (χ1v) is 12.9. The molecule has 3 aromatic heterocycles. The van der Waals surface area contributed by atoms with Crippen LogP contribution >= 0.6 is 0 Å². The Balaban J connectivity index is 1.57. The van der Waals surface area contributed by atoms with Crippen LogP contribution in [-0.4, -0.2) is 14.1 Å². The van der Waals surface area contributed by atoms with E-state index in [1.165, 1.54) is 38.1 Å². The van der Waals surface area contributed by atoms with Crippen molar-refractivity contribution in [3.05, 3.63) is 140 Å². The minimum absolute atomic E-state index is 0.912. The third kappa shape index (κ3) is 2.99. The highest BCUT2D eigenvalue weighted by molar-refractivity contribution is 6.23. The van der Waals surface area contributed by atoms with Crippen molar-refractivity contribution in [3.8, 4) is 22.8 Å². The predicted octanol–water partition coefficient (Wildman–Crippen LogP) is 8.94. The first-order valence-electron chi connectivity index (χ1n) is 12.9. The van der Waals surface area contributed by atoms with Gasteiger partial charge in [0.1, 0.15) is 5.82 Å². The van der Waals surface area contributed by atoms with Crippen molar-refractivity contribution >= 4 is 43.6 Å². The van der Waals surface area contributed by atoms with Gasteiger partial charge in [0.05, 0.1) is 27.8 Å². The lowest BCUT2D eigenvalue weighted by Crippen LogP contribution is -2.01. The zero-order valence-electron chi connectivity index (χ0n) is 20.6. The zero-order chi connectivity index (χ0) is 25.1. The van der Waals surface area contributed by atoms with Gasteiger partial charge in [0.25, 0.3) is 0 Å². The van der Waals surface area contributed by atoms with E-state index < -0.39 is 0 Å². The van der Waals surface area contributed by atoms with E-state index in [1.807, 2.05) is 6.07 Å². The molecule has 0 aliphatic carbocycles. The van der Waals surface area contributed by atoms with Gasteiger partial charge in [-0.05, 0) is 36.4 Å². The highest BCUT2D eigenvalue weighted by atomic mass is 15.1. The van der Waals surface area contributed by atoms with Crippen molar-refractivity contribution in [2.75, 3.05) is 0 Å². The summed E-state index contributed by atoms with van der Waals surface area (Å²) >= 11 is 0. The molecule has 0 spiro atoms. The van der Waals surface area contributed by atoms with Crippen molar-refractivity contribution in [2.45, 2.75) is 0 Å². The maximum Gasteiger partial charge on any atom is 0.138 e. The Labute approximate surface area is 219 Å². The van der Waals surface area contributed by atoms with Crippen LogP contribution in [0.3, 0.4) is 0 Å². The van der Waals surface area contributed by atoms with Crippen LogP contribution in [0.1, 0.15) is 0 Å². The van der Waals surface area contributed by atoms with Crippen LogP contribution in [0.2, 0.25) is 0 Å². The highest BCUT2D eigenvalue weighted by Crippen LogP contribution is 2.41. The van der Waals surface area contributed by atoms with E-state index in [2.05, 4.69) is 143 Å². The van der Waals surface area contributed by atoms with Crippen molar-refractivity contribution in [2.24, 2.45) is 0 Å². The van der Waals surface area contributed by atoms with Crippen molar-refractivity contribution in [1.29, 1.82) is 0 Å². The lowest BCUT2D eigenvalue weighted by molar-refractivity contribution is 1.08. The SMILES string of the molecule is c1ccc(-c2cccc(-n3c4ccccc4c4ccc5c6ccccc6n(-c6ccccc6)c5c43)n2)cc1. The number of fused-ring (bicyclic) bond motifs is 7.